The maximum Gasteiger partial charge on any atom is 0.257 e. The molecule has 170 valence electrons. The van der Waals surface area contributed by atoms with E-state index in [4.69, 9.17) is 9.97 Å². The van der Waals surface area contributed by atoms with Gasteiger partial charge in [0.2, 0.25) is 5.91 Å². The quantitative estimate of drug-likeness (QED) is 0.618. The van der Waals surface area contributed by atoms with Crippen LogP contribution in [0.5, 0.6) is 0 Å². The minimum absolute atomic E-state index is 0.0108. The monoisotopic (exact) mass is 444 g/mol. The number of rotatable bonds is 4. The lowest BCUT2D eigenvalue weighted by atomic mass is 9.95. The lowest BCUT2D eigenvalue weighted by Crippen LogP contribution is -2.40. The van der Waals surface area contributed by atoms with Gasteiger partial charge in [0.25, 0.3) is 5.91 Å². The Bertz CT molecular complexity index is 1190. The number of benzene rings is 1. The fourth-order valence-electron chi connectivity index (χ4n) is 4.80. The number of piperidine rings is 1. The van der Waals surface area contributed by atoms with Gasteiger partial charge < -0.3 is 4.90 Å². The lowest BCUT2D eigenvalue weighted by molar-refractivity contribution is -0.119. The van der Waals surface area contributed by atoms with E-state index in [1.165, 1.54) is 0 Å². The minimum atomic E-state index is -0.0108. The van der Waals surface area contributed by atoms with Crippen LogP contribution in [0.4, 0.5) is 5.82 Å². The van der Waals surface area contributed by atoms with Gasteiger partial charge in [-0.2, -0.15) is 5.10 Å². The predicted molar refractivity (Wildman–Crippen MR) is 124 cm³/mol. The lowest BCUT2D eigenvalue weighted by Gasteiger charge is -2.34. The van der Waals surface area contributed by atoms with Crippen LogP contribution < -0.4 is 4.90 Å². The van der Waals surface area contributed by atoms with Gasteiger partial charge in [0, 0.05) is 49.9 Å². The Kier molecular flexibility index (Phi) is 5.66. The number of aromatic nitrogens is 4. The fourth-order valence-corrected chi connectivity index (χ4v) is 4.80. The molecule has 3 aromatic rings. The van der Waals surface area contributed by atoms with Crippen LogP contribution in [0.15, 0.2) is 42.7 Å². The standard InChI is InChI=1S/C25H28N6O2/c1-17-21-10-11-22(32)31(14-18-7-4-3-5-8-18)24(21)28-23(27-17)19-9-6-12-30(16-19)25(33)20-13-26-29(2)15-20/h3-5,7-8,13,15,19H,6,9-12,14,16H2,1-2H3/t19-/m1/s1. The summed E-state index contributed by atoms with van der Waals surface area (Å²) < 4.78 is 1.64. The van der Waals surface area contributed by atoms with Gasteiger partial charge in [-0.1, -0.05) is 30.3 Å². The molecule has 0 aliphatic carbocycles. The number of anilines is 1. The molecule has 0 bridgehead atoms. The molecule has 8 nitrogen and oxygen atoms in total. The summed E-state index contributed by atoms with van der Waals surface area (Å²) in [5, 5.41) is 4.13. The minimum Gasteiger partial charge on any atom is -0.338 e. The van der Waals surface area contributed by atoms with Gasteiger partial charge in [-0.3, -0.25) is 19.2 Å². The Hall–Kier alpha value is -3.55. The molecule has 0 radical (unpaired) electrons. The van der Waals surface area contributed by atoms with Gasteiger partial charge in [0.1, 0.15) is 11.6 Å². The van der Waals surface area contributed by atoms with Crippen LogP contribution in [0.25, 0.3) is 0 Å². The SMILES string of the molecule is Cc1nc([C@@H]2CCCN(C(=O)c3cnn(C)c3)C2)nc2c1CCC(=O)N2Cc1ccccc1. The summed E-state index contributed by atoms with van der Waals surface area (Å²) in [6.45, 7) is 3.78. The molecular weight excluding hydrogens is 416 g/mol. The van der Waals surface area contributed by atoms with E-state index in [9.17, 15) is 9.59 Å². The second kappa shape index (κ2) is 8.77. The molecule has 0 unspecified atom stereocenters. The first kappa shape index (κ1) is 21.3. The second-order valence-electron chi connectivity index (χ2n) is 8.93. The number of hydrogen-bond acceptors (Lipinski definition) is 5. The number of aryl methyl sites for hydroxylation is 2. The first-order chi connectivity index (χ1) is 16.0. The van der Waals surface area contributed by atoms with Gasteiger partial charge in [-0.25, -0.2) is 9.97 Å². The highest BCUT2D eigenvalue weighted by atomic mass is 16.2. The molecule has 1 fully saturated rings. The van der Waals surface area contributed by atoms with Crippen LogP contribution in [0.1, 0.15) is 58.2 Å². The molecule has 0 saturated carbocycles. The van der Waals surface area contributed by atoms with E-state index in [1.807, 2.05) is 49.2 Å². The van der Waals surface area contributed by atoms with Crippen LogP contribution >= 0.6 is 0 Å². The maximum atomic E-state index is 13.0. The number of carbonyl (C=O) groups is 2. The molecule has 8 heteroatoms. The van der Waals surface area contributed by atoms with E-state index in [-0.39, 0.29) is 17.7 Å². The summed E-state index contributed by atoms with van der Waals surface area (Å²) in [7, 11) is 1.81. The van der Waals surface area contributed by atoms with Crippen LogP contribution in [0.3, 0.4) is 0 Å². The van der Waals surface area contributed by atoms with Crippen LogP contribution in [-0.2, 0) is 24.8 Å². The van der Waals surface area contributed by atoms with Crippen molar-refractivity contribution in [3.05, 3.63) is 70.9 Å². The third-order valence-corrected chi connectivity index (χ3v) is 6.56. The van der Waals surface area contributed by atoms with Crippen molar-refractivity contribution < 1.29 is 9.59 Å². The summed E-state index contributed by atoms with van der Waals surface area (Å²) >= 11 is 0. The van der Waals surface area contributed by atoms with Gasteiger partial charge in [-0.05, 0) is 31.7 Å². The zero-order valence-electron chi connectivity index (χ0n) is 19.1. The summed E-state index contributed by atoms with van der Waals surface area (Å²) in [6.07, 6.45) is 6.31. The molecule has 2 amide bonds. The smallest absolute Gasteiger partial charge is 0.257 e. The summed E-state index contributed by atoms with van der Waals surface area (Å²) in [6, 6.07) is 10.00. The van der Waals surface area contributed by atoms with E-state index in [2.05, 4.69) is 5.10 Å². The zero-order chi connectivity index (χ0) is 22.9. The van der Waals surface area contributed by atoms with Crippen molar-refractivity contribution in [1.29, 1.82) is 0 Å². The van der Waals surface area contributed by atoms with E-state index in [1.54, 1.807) is 22.0 Å². The van der Waals surface area contributed by atoms with Crippen molar-refractivity contribution >= 4 is 17.6 Å². The Labute approximate surface area is 193 Å². The van der Waals surface area contributed by atoms with Crippen molar-refractivity contribution in [3.63, 3.8) is 0 Å². The van der Waals surface area contributed by atoms with Crippen LogP contribution in [0, 0.1) is 6.92 Å². The molecule has 2 aliphatic rings. The second-order valence-corrected chi connectivity index (χ2v) is 8.93. The van der Waals surface area contributed by atoms with Crippen molar-refractivity contribution in [1.82, 2.24) is 24.6 Å². The molecule has 1 saturated heterocycles. The van der Waals surface area contributed by atoms with Crippen LogP contribution in [0.2, 0.25) is 0 Å². The number of nitrogens with zero attached hydrogens (tertiary/aromatic N) is 6. The molecule has 33 heavy (non-hydrogen) atoms. The highest BCUT2D eigenvalue weighted by Crippen LogP contribution is 2.33. The van der Waals surface area contributed by atoms with Crippen molar-refractivity contribution in [2.45, 2.75) is 45.1 Å². The topological polar surface area (TPSA) is 84.2 Å². The Morgan fingerprint density at radius 1 is 1.15 bits per heavy atom. The molecule has 1 atom stereocenters. The molecule has 0 spiro atoms. The molecule has 4 heterocycles. The average molecular weight is 445 g/mol. The molecule has 5 rings (SSSR count). The number of likely N-dealkylation sites (tertiary alicyclic amines) is 1. The summed E-state index contributed by atoms with van der Waals surface area (Å²) in [5.41, 5.74) is 3.65. The highest BCUT2D eigenvalue weighted by Gasteiger charge is 2.32. The largest absolute Gasteiger partial charge is 0.338 e. The van der Waals surface area contributed by atoms with Crippen molar-refractivity contribution in [3.8, 4) is 0 Å². The normalized spacial score (nSPS) is 18.4. The number of amides is 2. The molecule has 2 aliphatic heterocycles. The Morgan fingerprint density at radius 3 is 2.73 bits per heavy atom. The molecule has 0 N–H and O–H groups in total. The third kappa shape index (κ3) is 4.25. The number of fused-ring (bicyclic) bond motifs is 1. The average Bonchev–Trinajstić information content (AvgIpc) is 3.27. The Morgan fingerprint density at radius 2 is 1.97 bits per heavy atom. The van der Waals surface area contributed by atoms with Crippen LogP contribution in [-0.4, -0.2) is 49.6 Å². The van der Waals surface area contributed by atoms with E-state index >= 15 is 0 Å². The number of hydrogen-bond donors (Lipinski definition) is 0. The molecule has 1 aromatic carbocycles. The molecular formula is C25H28N6O2. The third-order valence-electron chi connectivity index (χ3n) is 6.56. The van der Waals surface area contributed by atoms with E-state index < -0.39 is 0 Å². The fraction of sp³-hybridized carbons (Fsp3) is 0.400. The van der Waals surface area contributed by atoms with E-state index in [0.717, 1.165) is 41.3 Å². The summed E-state index contributed by atoms with van der Waals surface area (Å²) in [5.74, 6) is 1.57. The van der Waals surface area contributed by atoms with Crippen molar-refractivity contribution in [2.24, 2.45) is 7.05 Å². The van der Waals surface area contributed by atoms with Crippen molar-refractivity contribution in [2.75, 3.05) is 18.0 Å². The Balaban J connectivity index is 1.43. The van der Waals surface area contributed by atoms with Gasteiger partial charge in [-0.15, -0.1) is 0 Å². The van der Waals surface area contributed by atoms with Gasteiger partial charge in [0.15, 0.2) is 0 Å². The first-order valence-corrected chi connectivity index (χ1v) is 11.5. The van der Waals surface area contributed by atoms with Gasteiger partial charge in [0.05, 0.1) is 18.3 Å². The highest BCUT2D eigenvalue weighted by molar-refractivity contribution is 5.95. The van der Waals surface area contributed by atoms with E-state index in [0.29, 0.717) is 38.0 Å². The van der Waals surface area contributed by atoms with Gasteiger partial charge >= 0.3 is 0 Å². The number of carbonyl (C=O) groups excluding carboxylic acids is 2. The zero-order valence-corrected chi connectivity index (χ0v) is 19.1. The molecule has 2 aromatic heterocycles. The summed E-state index contributed by atoms with van der Waals surface area (Å²) in [4.78, 5) is 39.3. The maximum absolute atomic E-state index is 13.0. The predicted octanol–water partition coefficient (Wildman–Crippen LogP) is 3.02. The first-order valence-electron chi connectivity index (χ1n) is 11.5.